The van der Waals surface area contributed by atoms with Gasteiger partial charge in [0.2, 0.25) is 0 Å². The minimum absolute atomic E-state index is 0.110. The first-order valence-corrected chi connectivity index (χ1v) is 7.71. The third kappa shape index (κ3) is 4.14. The zero-order chi connectivity index (χ0) is 15.5. The molecule has 0 unspecified atom stereocenters. The van der Waals surface area contributed by atoms with Crippen LogP contribution >= 0.6 is 0 Å². The summed E-state index contributed by atoms with van der Waals surface area (Å²) >= 11 is 0. The molecule has 0 aliphatic rings. The molecule has 0 bridgehead atoms. The van der Waals surface area contributed by atoms with E-state index in [0.717, 1.165) is 30.9 Å². The lowest BCUT2D eigenvalue weighted by Gasteiger charge is -2.20. The molecule has 4 heteroatoms. The first-order valence-electron chi connectivity index (χ1n) is 7.71. The van der Waals surface area contributed by atoms with Gasteiger partial charge < -0.3 is 5.32 Å². The number of hydrogen-bond acceptors (Lipinski definition) is 3. The molecule has 0 saturated carbocycles. The van der Waals surface area contributed by atoms with Crippen LogP contribution in [0.2, 0.25) is 0 Å². The minimum Gasteiger partial charge on any atom is -0.308 e. The van der Waals surface area contributed by atoms with E-state index in [1.165, 1.54) is 11.3 Å². The highest BCUT2D eigenvalue weighted by Crippen LogP contribution is 2.14. The van der Waals surface area contributed by atoms with Gasteiger partial charge in [0, 0.05) is 24.0 Å². The van der Waals surface area contributed by atoms with Crippen molar-refractivity contribution in [2.75, 3.05) is 0 Å². The molecule has 0 spiro atoms. The van der Waals surface area contributed by atoms with Crippen LogP contribution in [0.5, 0.6) is 0 Å². The van der Waals surface area contributed by atoms with E-state index in [-0.39, 0.29) is 5.54 Å². The van der Waals surface area contributed by atoms with Gasteiger partial charge in [0.05, 0.1) is 5.69 Å². The monoisotopic (exact) mass is 286 g/mol. The summed E-state index contributed by atoms with van der Waals surface area (Å²) < 4.78 is 1.97. The smallest absolute Gasteiger partial charge is 0.153 e. The van der Waals surface area contributed by atoms with Crippen LogP contribution in [0.3, 0.4) is 0 Å². The van der Waals surface area contributed by atoms with Crippen molar-refractivity contribution < 1.29 is 0 Å². The molecule has 0 aromatic carbocycles. The molecule has 0 radical (unpaired) electrons. The maximum absolute atomic E-state index is 4.65. The molecule has 2 aromatic rings. The average molecular weight is 286 g/mol. The standard InChI is InChI=1S/C17H26N4/c1-6-14-11-15(7-2)21(20-14)16-10-13(8-9-18-16)12-19-17(3,4)5/h8-11,19H,6-7,12H2,1-5H3. The molecular weight excluding hydrogens is 260 g/mol. The van der Waals surface area contributed by atoms with Gasteiger partial charge in [0.25, 0.3) is 0 Å². The Bertz CT molecular complexity index is 593. The lowest BCUT2D eigenvalue weighted by atomic mass is 10.1. The summed E-state index contributed by atoms with van der Waals surface area (Å²) in [5.41, 5.74) is 3.66. The second-order valence-electron chi connectivity index (χ2n) is 6.37. The third-order valence-electron chi connectivity index (χ3n) is 3.41. The fraction of sp³-hybridized carbons (Fsp3) is 0.529. The van der Waals surface area contributed by atoms with E-state index in [4.69, 9.17) is 0 Å². The molecule has 1 N–H and O–H groups in total. The normalized spacial score (nSPS) is 11.9. The highest BCUT2D eigenvalue weighted by atomic mass is 15.3. The molecule has 0 atom stereocenters. The lowest BCUT2D eigenvalue weighted by Crippen LogP contribution is -2.35. The van der Waals surface area contributed by atoms with Crippen molar-refractivity contribution in [3.63, 3.8) is 0 Å². The van der Waals surface area contributed by atoms with Crippen LogP contribution in [0.25, 0.3) is 5.82 Å². The Balaban J connectivity index is 2.26. The summed E-state index contributed by atoms with van der Waals surface area (Å²) in [4.78, 5) is 4.48. The summed E-state index contributed by atoms with van der Waals surface area (Å²) in [7, 11) is 0. The Morgan fingerprint density at radius 3 is 2.52 bits per heavy atom. The second kappa shape index (κ2) is 6.39. The van der Waals surface area contributed by atoms with Crippen molar-refractivity contribution in [2.24, 2.45) is 0 Å². The van der Waals surface area contributed by atoms with Crippen molar-refractivity contribution in [3.8, 4) is 5.82 Å². The van der Waals surface area contributed by atoms with Gasteiger partial charge in [-0.2, -0.15) is 5.10 Å². The maximum atomic E-state index is 4.65. The molecule has 0 saturated heterocycles. The van der Waals surface area contributed by atoms with Crippen molar-refractivity contribution in [3.05, 3.63) is 41.3 Å². The highest BCUT2D eigenvalue weighted by molar-refractivity contribution is 5.30. The first-order chi connectivity index (χ1) is 9.93. The van der Waals surface area contributed by atoms with E-state index >= 15 is 0 Å². The fourth-order valence-corrected chi connectivity index (χ4v) is 2.15. The summed E-state index contributed by atoms with van der Waals surface area (Å²) in [6.45, 7) is 11.6. The van der Waals surface area contributed by atoms with E-state index in [1.54, 1.807) is 0 Å². The van der Waals surface area contributed by atoms with E-state index in [1.807, 2.05) is 10.9 Å². The maximum Gasteiger partial charge on any atom is 0.153 e. The van der Waals surface area contributed by atoms with Crippen molar-refractivity contribution >= 4 is 0 Å². The summed E-state index contributed by atoms with van der Waals surface area (Å²) in [5.74, 6) is 0.903. The lowest BCUT2D eigenvalue weighted by molar-refractivity contribution is 0.424. The predicted molar refractivity (Wildman–Crippen MR) is 86.7 cm³/mol. The molecule has 0 amide bonds. The minimum atomic E-state index is 0.110. The van der Waals surface area contributed by atoms with Gasteiger partial charge >= 0.3 is 0 Å². The Kier molecular flexibility index (Phi) is 4.78. The number of aromatic nitrogens is 3. The summed E-state index contributed by atoms with van der Waals surface area (Å²) in [5, 5.41) is 8.16. The van der Waals surface area contributed by atoms with Gasteiger partial charge in [-0.1, -0.05) is 13.8 Å². The van der Waals surface area contributed by atoms with Crippen molar-refractivity contribution in [1.82, 2.24) is 20.1 Å². The van der Waals surface area contributed by atoms with Crippen molar-refractivity contribution in [2.45, 2.75) is 59.5 Å². The number of rotatable bonds is 5. The molecule has 0 fully saturated rings. The molecule has 2 rings (SSSR count). The number of pyridine rings is 1. The Morgan fingerprint density at radius 2 is 1.90 bits per heavy atom. The summed E-state index contributed by atoms with van der Waals surface area (Å²) in [6, 6.07) is 6.34. The quantitative estimate of drug-likeness (QED) is 0.917. The zero-order valence-corrected chi connectivity index (χ0v) is 13.8. The highest BCUT2D eigenvalue weighted by Gasteiger charge is 2.11. The number of nitrogens with zero attached hydrogens (tertiary/aromatic N) is 3. The predicted octanol–water partition coefficient (Wildman–Crippen LogP) is 3.28. The van der Waals surface area contributed by atoms with Gasteiger partial charge in [-0.15, -0.1) is 0 Å². The number of hydrogen-bond donors (Lipinski definition) is 1. The molecule has 21 heavy (non-hydrogen) atoms. The molecule has 2 aromatic heterocycles. The summed E-state index contributed by atoms with van der Waals surface area (Å²) in [6.07, 6.45) is 3.77. The fourth-order valence-electron chi connectivity index (χ4n) is 2.15. The van der Waals surface area contributed by atoms with Gasteiger partial charge in [-0.05, 0) is 57.4 Å². The molecule has 2 heterocycles. The largest absolute Gasteiger partial charge is 0.308 e. The number of nitrogens with one attached hydrogen (secondary N) is 1. The van der Waals surface area contributed by atoms with E-state index < -0.39 is 0 Å². The Morgan fingerprint density at radius 1 is 1.14 bits per heavy atom. The van der Waals surface area contributed by atoms with Gasteiger partial charge in [-0.3, -0.25) is 0 Å². The van der Waals surface area contributed by atoms with Crippen LogP contribution in [0.1, 0.15) is 51.6 Å². The SMILES string of the molecule is CCc1cc(CC)n(-c2cc(CNC(C)(C)C)ccn2)n1. The van der Waals surface area contributed by atoms with Crippen LogP contribution in [0.4, 0.5) is 0 Å². The van der Waals surface area contributed by atoms with Crippen LogP contribution in [-0.2, 0) is 19.4 Å². The third-order valence-corrected chi connectivity index (χ3v) is 3.41. The molecule has 4 nitrogen and oxygen atoms in total. The van der Waals surface area contributed by atoms with Crippen molar-refractivity contribution in [1.29, 1.82) is 0 Å². The molecule has 0 aliphatic heterocycles. The van der Waals surface area contributed by atoms with Gasteiger partial charge in [-0.25, -0.2) is 9.67 Å². The van der Waals surface area contributed by atoms with Crippen LogP contribution in [0.15, 0.2) is 24.4 Å². The van der Waals surface area contributed by atoms with Crippen LogP contribution in [0, 0.1) is 0 Å². The topological polar surface area (TPSA) is 42.7 Å². The second-order valence-corrected chi connectivity index (χ2v) is 6.37. The van der Waals surface area contributed by atoms with E-state index in [9.17, 15) is 0 Å². The van der Waals surface area contributed by atoms with Crippen LogP contribution < -0.4 is 5.32 Å². The van der Waals surface area contributed by atoms with Gasteiger partial charge in [0.15, 0.2) is 5.82 Å². The molecule has 114 valence electrons. The van der Waals surface area contributed by atoms with E-state index in [2.05, 4.69) is 68.2 Å². The Labute approximate surface area is 127 Å². The zero-order valence-electron chi connectivity index (χ0n) is 13.8. The van der Waals surface area contributed by atoms with Gasteiger partial charge in [0.1, 0.15) is 0 Å². The first kappa shape index (κ1) is 15.7. The van der Waals surface area contributed by atoms with E-state index in [0.29, 0.717) is 0 Å². The number of aryl methyl sites for hydroxylation is 2. The molecular formula is C17H26N4. The van der Waals surface area contributed by atoms with Crippen LogP contribution in [-0.4, -0.2) is 20.3 Å². The Hall–Kier alpha value is -1.68. The molecule has 0 aliphatic carbocycles. The average Bonchev–Trinajstić information content (AvgIpc) is 2.88.